The molecule has 4 rings (SSSR count). The maximum absolute atomic E-state index is 12.6. The van der Waals surface area contributed by atoms with E-state index < -0.39 is 12.1 Å². The number of carbonyl (C=O) groups is 1. The summed E-state index contributed by atoms with van der Waals surface area (Å²) in [6, 6.07) is 1.54. The number of hydrogen-bond acceptors (Lipinski definition) is 7. The molecule has 3 N–H and O–H groups in total. The van der Waals surface area contributed by atoms with Crippen LogP contribution in [0.3, 0.4) is 0 Å². The molecule has 29 heavy (non-hydrogen) atoms. The Morgan fingerprint density at radius 2 is 2.14 bits per heavy atom. The van der Waals surface area contributed by atoms with Gasteiger partial charge >= 0.3 is 0 Å². The molecule has 0 saturated carbocycles. The number of likely N-dealkylation sites (N-methyl/N-ethyl adjacent to an activating group) is 1. The molecule has 0 radical (unpaired) electrons. The molecule has 0 bridgehead atoms. The highest BCUT2D eigenvalue weighted by molar-refractivity contribution is 5.85. The van der Waals surface area contributed by atoms with Gasteiger partial charge in [-0.3, -0.25) is 9.89 Å². The number of amides is 1. The van der Waals surface area contributed by atoms with Gasteiger partial charge in [0.2, 0.25) is 11.9 Å². The second kappa shape index (κ2) is 7.62. The van der Waals surface area contributed by atoms with Gasteiger partial charge in [0.15, 0.2) is 0 Å². The van der Waals surface area contributed by atoms with Gasteiger partial charge in [0.1, 0.15) is 17.7 Å². The van der Waals surface area contributed by atoms with Crippen molar-refractivity contribution in [1.29, 1.82) is 0 Å². The number of hydrogen-bond donors (Lipinski definition) is 3. The summed E-state index contributed by atoms with van der Waals surface area (Å²) >= 11 is 0. The third-order valence-corrected chi connectivity index (χ3v) is 5.63. The minimum Gasteiger partial charge on any atom is -0.391 e. The molecule has 156 valence electrons. The molecule has 2 aromatic heterocycles. The van der Waals surface area contributed by atoms with E-state index in [1.807, 2.05) is 11.0 Å². The van der Waals surface area contributed by atoms with Crippen molar-refractivity contribution in [3.05, 3.63) is 23.0 Å². The van der Waals surface area contributed by atoms with Crippen molar-refractivity contribution in [3.63, 3.8) is 0 Å². The van der Waals surface area contributed by atoms with Crippen molar-refractivity contribution in [3.8, 4) is 0 Å². The number of fused-ring (bicyclic) bond motifs is 1. The van der Waals surface area contributed by atoms with E-state index >= 15 is 0 Å². The quantitative estimate of drug-likeness (QED) is 0.700. The average molecular weight is 399 g/mol. The maximum atomic E-state index is 12.6. The molecule has 0 unspecified atom stereocenters. The van der Waals surface area contributed by atoms with Crippen molar-refractivity contribution >= 4 is 23.5 Å². The fourth-order valence-corrected chi connectivity index (χ4v) is 4.04. The van der Waals surface area contributed by atoms with Crippen LogP contribution >= 0.6 is 0 Å². The standard InChI is InChI=1S/C20H29N7O2/c1-11(2)15-9-17(25-24-15)22-18-13-6-5-7-14(13)21-20(23-18)27-10-12(28)8-16(27)19(29)26(3)4/h9,11-12,16,28H,5-8,10H2,1-4H3,(H2,21,22,23,24,25)/t12-,16-/m1/s1. The minimum atomic E-state index is -0.571. The molecule has 9 nitrogen and oxygen atoms in total. The van der Waals surface area contributed by atoms with Crippen molar-refractivity contribution in [2.24, 2.45) is 0 Å². The Morgan fingerprint density at radius 1 is 1.34 bits per heavy atom. The van der Waals surface area contributed by atoms with Gasteiger partial charge in [-0.15, -0.1) is 0 Å². The number of aromatic nitrogens is 4. The van der Waals surface area contributed by atoms with Gasteiger partial charge in [-0.2, -0.15) is 10.1 Å². The lowest BCUT2D eigenvalue weighted by atomic mass is 10.1. The highest BCUT2D eigenvalue weighted by Gasteiger charge is 2.39. The number of aromatic amines is 1. The molecule has 2 aromatic rings. The summed E-state index contributed by atoms with van der Waals surface area (Å²) < 4.78 is 0. The molecule has 3 heterocycles. The third-order valence-electron chi connectivity index (χ3n) is 5.63. The Morgan fingerprint density at radius 3 is 2.83 bits per heavy atom. The summed E-state index contributed by atoms with van der Waals surface area (Å²) in [5, 5.41) is 21.0. The first-order valence-electron chi connectivity index (χ1n) is 10.2. The van der Waals surface area contributed by atoms with Gasteiger partial charge in [-0.05, 0) is 25.2 Å². The maximum Gasteiger partial charge on any atom is 0.244 e. The first-order chi connectivity index (χ1) is 13.8. The Kier molecular flexibility index (Phi) is 5.16. The lowest BCUT2D eigenvalue weighted by molar-refractivity contribution is -0.130. The lowest BCUT2D eigenvalue weighted by Crippen LogP contribution is -2.43. The molecule has 9 heteroatoms. The molecule has 2 atom stereocenters. The summed E-state index contributed by atoms with van der Waals surface area (Å²) in [6.45, 7) is 4.55. The molecule has 0 spiro atoms. The molecule has 1 aliphatic heterocycles. The second-order valence-corrected chi connectivity index (χ2v) is 8.43. The topological polar surface area (TPSA) is 110 Å². The largest absolute Gasteiger partial charge is 0.391 e. The number of rotatable bonds is 5. The molecule has 0 aromatic carbocycles. The Labute approximate surface area is 170 Å². The summed E-state index contributed by atoms with van der Waals surface area (Å²) in [6.07, 6.45) is 2.66. The molecular formula is C20H29N7O2. The second-order valence-electron chi connectivity index (χ2n) is 8.43. The fraction of sp³-hybridized carbons (Fsp3) is 0.600. The predicted molar refractivity (Wildman–Crippen MR) is 110 cm³/mol. The van der Waals surface area contributed by atoms with Crippen LogP contribution < -0.4 is 10.2 Å². The van der Waals surface area contributed by atoms with Gasteiger partial charge in [0, 0.05) is 38.7 Å². The predicted octanol–water partition coefficient (Wildman–Crippen LogP) is 1.58. The number of aliphatic hydroxyl groups is 1. The SMILES string of the molecule is CC(C)c1cc(Nc2nc(N3C[C@H](O)C[C@@H]3C(=O)N(C)C)nc3c2CCC3)[nH]n1. The summed E-state index contributed by atoms with van der Waals surface area (Å²) in [5.41, 5.74) is 3.11. The first kappa shape index (κ1) is 19.6. The van der Waals surface area contributed by atoms with Crippen LogP contribution in [0.15, 0.2) is 6.07 Å². The number of anilines is 3. The highest BCUT2D eigenvalue weighted by atomic mass is 16.3. The molecular weight excluding hydrogens is 370 g/mol. The van der Waals surface area contributed by atoms with E-state index in [0.29, 0.717) is 24.8 Å². The fourth-order valence-electron chi connectivity index (χ4n) is 4.04. The number of aliphatic hydroxyl groups excluding tert-OH is 1. The van der Waals surface area contributed by atoms with Crippen LogP contribution in [-0.2, 0) is 17.6 Å². The van der Waals surface area contributed by atoms with E-state index in [1.54, 1.807) is 19.0 Å². The monoisotopic (exact) mass is 399 g/mol. The Bertz CT molecular complexity index is 908. The summed E-state index contributed by atoms with van der Waals surface area (Å²) in [5.74, 6) is 2.31. The van der Waals surface area contributed by atoms with Crippen LogP contribution in [-0.4, -0.2) is 68.9 Å². The van der Waals surface area contributed by atoms with E-state index in [0.717, 1.165) is 47.8 Å². The molecule has 2 aliphatic rings. The van der Waals surface area contributed by atoms with Crippen molar-refractivity contribution in [2.45, 2.75) is 57.6 Å². The molecule has 1 fully saturated rings. The van der Waals surface area contributed by atoms with Crippen molar-refractivity contribution < 1.29 is 9.90 Å². The first-order valence-corrected chi connectivity index (χ1v) is 10.2. The van der Waals surface area contributed by atoms with E-state index in [4.69, 9.17) is 9.97 Å². The normalized spacial score (nSPS) is 21.0. The van der Waals surface area contributed by atoms with Gasteiger partial charge < -0.3 is 20.2 Å². The van der Waals surface area contributed by atoms with E-state index in [1.165, 1.54) is 0 Å². The van der Waals surface area contributed by atoms with Crippen LogP contribution in [0, 0.1) is 0 Å². The van der Waals surface area contributed by atoms with Gasteiger partial charge in [-0.25, -0.2) is 4.98 Å². The van der Waals surface area contributed by atoms with Crippen LogP contribution in [0.4, 0.5) is 17.6 Å². The summed E-state index contributed by atoms with van der Waals surface area (Å²) in [7, 11) is 3.46. The van der Waals surface area contributed by atoms with E-state index in [2.05, 4.69) is 29.4 Å². The summed E-state index contributed by atoms with van der Waals surface area (Å²) in [4.78, 5) is 25.6. The molecule has 1 saturated heterocycles. The van der Waals surface area contributed by atoms with E-state index in [9.17, 15) is 9.90 Å². The Balaban J connectivity index is 1.68. The Hall–Kier alpha value is -2.68. The van der Waals surface area contributed by atoms with E-state index in [-0.39, 0.29) is 5.91 Å². The van der Waals surface area contributed by atoms with Crippen molar-refractivity contribution in [2.75, 3.05) is 30.9 Å². The van der Waals surface area contributed by atoms with Crippen LogP contribution in [0.5, 0.6) is 0 Å². The number of β-amino-alcohol motifs (C(OH)–C–C–N with tert-alkyl or cyclic N) is 1. The zero-order valence-corrected chi connectivity index (χ0v) is 17.4. The lowest BCUT2D eigenvalue weighted by Gasteiger charge is -2.26. The minimum absolute atomic E-state index is 0.0460. The van der Waals surface area contributed by atoms with Gasteiger partial charge in [0.25, 0.3) is 0 Å². The third kappa shape index (κ3) is 3.78. The number of H-pyrrole nitrogens is 1. The zero-order chi connectivity index (χ0) is 20.7. The van der Waals surface area contributed by atoms with Gasteiger partial charge in [0.05, 0.1) is 17.5 Å². The molecule has 1 amide bonds. The smallest absolute Gasteiger partial charge is 0.244 e. The van der Waals surface area contributed by atoms with Crippen LogP contribution in [0.1, 0.15) is 49.6 Å². The van der Waals surface area contributed by atoms with Gasteiger partial charge in [-0.1, -0.05) is 13.8 Å². The van der Waals surface area contributed by atoms with Crippen LogP contribution in [0.25, 0.3) is 0 Å². The van der Waals surface area contributed by atoms with Crippen LogP contribution in [0.2, 0.25) is 0 Å². The average Bonchev–Trinajstić information content (AvgIpc) is 3.39. The number of nitrogens with zero attached hydrogens (tertiary/aromatic N) is 5. The molecule has 1 aliphatic carbocycles. The number of aryl methyl sites for hydroxylation is 1. The highest BCUT2D eigenvalue weighted by Crippen LogP contribution is 2.33. The zero-order valence-electron chi connectivity index (χ0n) is 17.4. The van der Waals surface area contributed by atoms with Crippen molar-refractivity contribution in [1.82, 2.24) is 25.1 Å². The number of carbonyl (C=O) groups excluding carboxylic acids is 1. The number of nitrogens with one attached hydrogen (secondary N) is 2.